The molecule has 0 heterocycles. The minimum absolute atomic E-state index is 0.104. The highest BCUT2D eigenvalue weighted by Crippen LogP contribution is 2.33. The monoisotopic (exact) mass is 204 g/mol. The first-order chi connectivity index (χ1) is 6.47. The van der Waals surface area contributed by atoms with Crippen molar-refractivity contribution in [1.82, 2.24) is 0 Å². The predicted molar refractivity (Wildman–Crippen MR) is 45.7 cm³/mol. The third-order valence-electron chi connectivity index (χ3n) is 2.72. The molecule has 5 heteroatoms. The molecule has 14 heavy (non-hydrogen) atoms. The summed E-state index contributed by atoms with van der Waals surface area (Å²) in [7, 11) is 0. The number of hydrogen-bond acceptors (Lipinski definition) is 2. The van der Waals surface area contributed by atoms with Crippen molar-refractivity contribution in [1.29, 1.82) is 0 Å². The number of carboxylic acids is 2. The molecule has 0 aromatic heterocycles. The normalized spacial score (nSPS) is 18.4. The molecule has 1 aliphatic rings. The average molecular weight is 204 g/mol. The molecule has 0 aliphatic heterocycles. The number of aliphatic carboxylic acids is 2. The van der Waals surface area contributed by atoms with Gasteiger partial charge in [-0.05, 0) is 5.92 Å². The van der Waals surface area contributed by atoms with Gasteiger partial charge in [0.25, 0.3) is 0 Å². The number of carboxylic acid groups (broad SMARTS) is 2. The Balaban J connectivity index is 2.68. The topological polar surface area (TPSA) is 74.6 Å². The number of carbonyl (C=O) groups is 2. The smallest absolute Gasteiger partial charge is 0.353 e. The van der Waals surface area contributed by atoms with E-state index in [1.807, 2.05) is 0 Å². The second-order valence-corrected chi connectivity index (χ2v) is 3.77. The lowest BCUT2D eigenvalue weighted by atomic mass is 9.91. The fourth-order valence-electron chi connectivity index (χ4n) is 1.88. The van der Waals surface area contributed by atoms with Crippen LogP contribution in [0.15, 0.2) is 0 Å². The molecule has 0 atom stereocenters. The molecule has 0 unspecified atom stereocenters. The Kier molecular flexibility index (Phi) is 3.08. The van der Waals surface area contributed by atoms with Crippen molar-refractivity contribution >= 4 is 11.9 Å². The van der Waals surface area contributed by atoms with Crippen LogP contribution in [-0.4, -0.2) is 27.8 Å². The summed E-state index contributed by atoms with van der Waals surface area (Å²) in [5, 5.41) is 17.0. The molecule has 1 aliphatic carbocycles. The van der Waals surface area contributed by atoms with E-state index in [0.29, 0.717) is 0 Å². The molecule has 4 nitrogen and oxygen atoms in total. The minimum Gasteiger partial charge on any atom is -0.478 e. The summed E-state index contributed by atoms with van der Waals surface area (Å²) in [5.41, 5.74) is -3.10. The van der Waals surface area contributed by atoms with Gasteiger partial charge in [0.1, 0.15) is 0 Å². The van der Waals surface area contributed by atoms with Crippen LogP contribution in [-0.2, 0) is 9.59 Å². The van der Waals surface area contributed by atoms with Crippen LogP contribution in [0, 0.1) is 5.92 Å². The molecule has 0 amide bonds. The van der Waals surface area contributed by atoms with Crippen LogP contribution in [0.1, 0.15) is 32.1 Å². The summed E-state index contributed by atoms with van der Waals surface area (Å²) in [6.07, 6.45) is 2.91. The van der Waals surface area contributed by atoms with Crippen molar-refractivity contribution in [2.24, 2.45) is 5.92 Å². The molecule has 0 spiro atoms. The van der Waals surface area contributed by atoms with E-state index in [9.17, 15) is 14.0 Å². The van der Waals surface area contributed by atoms with Crippen molar-refractivity contribution in [3.63, 3.8) is 0 Å². The van der Waals surface area contributed by atoms with Crippen LogP contribution >= 0.6 is 0 Å². The number of halogens is 1. The van der Waals surface area contributed by atoms with Crippen molar-refractivity contribution in [2.75, 3.05) is 0 Å². The van der Waals surface area contributed by atoms with Crippen LogP contribution in [0.3, 0.4) is 0 Å². The van der Waals surface area contributed by atoms with E-state index in [-0.39, 0.29) is 5.92 Å². The summed E-state index contributed by atoms with van der Waals surface area (Å²) in [6, 6.07) is 0. The summed E-state index contributed by atoms with van der Waals surface area (Å²) < 4.78 is 13.5. The minimum atomic E-state index is -3.10. The molecule has 0 aromatic carbocycles. The highest BCUT2D eigenvalue weighted by Gasteiger charge is 2.49. The van der Waals surface area contributed by atoms with E-state index in [4.69, 9.17) is 10.2 Å². The lowest BCUT2D eigenvalue weighted by molar-refractivity contribution is -0.168. The van der Waals surface area contributed by atoms with Gasteiger partial charge in [-0.15, -0.1) is 0 Å². The van der Waals surface area contributed by atoms with E-state index in [1.165, 1.54) is 0 Å². The zero-order valence-electron chi connectivity index (χ0n) is 7.70. The molecule has 0 bridgehead atoms. The van der Waals surface area contributed by atoms with Gasteiger partial charge in [0.05, 0.1) is 0 Å². The van der Waals surface area contributed by atoms with Crippen LogP contribution < -0.4 is 0 Å². The molecule has 1 fully saturated rings. The number of hydrogen-bond donors (Lipinski definition) is 2. The van der Waals surface area contributed by atoms with E-state index < -0.39 is 24.0 Å². The first-order valence-corrected chi connectivity index (χ1v) is 4.62. The summed E-state index contributed by atoms with van der Waals surface area (Å²) in [6.45, 7) is 0. The second-order valence-electron chi connectivity index (χ2n) is 3.77. The van der Waals surface area contributed by atoms with Gasteiger partial charge in [0.15, 0.2) is 0 Å². The standard InChI is InChI=1S/C9H13FO4/c10-9(7(11)12,8(13)14)5-6-3-1-2-4-6/h6H,1-5H2,(H,11,12)(H,13,14). The molecule has 80 valence electrons. The largest absolute Gasteiger partial charge is 0.478 e. The van der Waals surface area contributed by atoms with Gasteiger partial charge in [-0.1, -0.05) is 25.7 Å². The van der Waals surface area contributed by atoms with Gasteiger partial charge in [-0.25, -0.2) is 14.0 Å². The molecular formula is C9H13FO4. The Hall–Kier alpha value is -1.13. The fourth-order valence-corrected chi connectivity index (χ4v) is 1.88. The molecule has 2 N–H and O–H groups in total. The Morgan fingerprint density at radius 3 is 2.00 bits per heavy atom. The van der Waals surface area contributed by atoms with Gasteiger partial charge in [-0.2, -0.15) is 0 Å². The average Bonchev–Trinajstić information content (AvgIpc) is 2.55. The van der Waals surface area contributed by atoms with Gasteiger partial charge in [-0.3, -0.25) is 0 Å². The SMILES string of the molecule is O=C(O)C(F)(CC1CCCC1)C(=O)O. The number of rotatable bonds is 4. The Morgan fingerprint density at radius 1 is 1.21 bits per heavy atom. The van der Waals surface area contributed by atoms with E-state index in [1.54, 1.807) is 0 Å². The van der Waals surface area contributed by atoms with Crippen LogP contribution in [0.4, 0.5) is 4.39 Å². The maximum absolute atomic E-state index is 13.5. The maximum Gasteiger partial charge on any atom is 0.353 e. The Morgan fingerprint density at radius 2 is 1.64 bits per heavy atom. The maximum atomic E-state index is 13.5. The van der Waals surface area contributed by atoms with E-state index in [0.717, 1.165) is 25.7 Å². The van der Waals surface area contributed by atoms with Crippen LogP contribution in [0.25, 0.3) is 0 Å². The highest BCUT2D eigenvalue weighted by molar-refractivity contribution is 6.01. The zero-order valence-corrected chi connectivity index (χ0v) is 7.70. The van der Waals surface area contributed by atoms with E-state index >= 15 is 0 Å². The van der Waals surface area contributed by atoms with Crippen LogP contribution in [0.2, 0.25) is 0 Å². The molecule has 0 aromatic rings. The first kappa shape index (κ1) is 10.9. The lowest BCUT2D eigenvalue weighted by Crippen LogP contribution is -2.43. The van der Waals surface area contributed by atoms with Crippen molar-refractivity contribution in [2.45, 2.75) is 37.8 Å². The third-order valence-corrected chi connectivity index (χ3v) is 2.72. The van der Waals surface area contributed by atoms with Crippen molar-refractivity contribution in [3.05, 3.63) is 0 Å². The number of alkyl halides is 1. The third kappa shape index (κ3) is 2.02. The molecule has 1 saturated carbocycles. The zero-order chi connectivity index (χ0) is 10.8. The van der Waals surface area contributed by atoms with Gasteiger partial charge < -0.3 is 10.2 Å². The molecule has 0 radical (unpaired) electrons. The first-order valence-electron chi connectivity index (χ1n) is 4.62. The Labute approximate surface area is 80.7 Å². The quantitative estimate of drug-likeness (QED) is 0.679. The van der Waals surface area contributed by atoms with Gasteiger partial charge in [0, 0.05) is 6.42 Å². The Bertz CT molecular complexity index is 231. The second kappa shape index (κ2) is 3.94. The summed E-state index contributed by atoms with van der Waals surface area (Å²) >= 11 is 0. The highest BCUT2D eigenvalue weighted by atomic mass is 19.1. The van der Waals surface area contributed by atoms with Gasteiger partial charge in [0.2, 0.25) is 0 Å². The molecule has 0 saturated heterocycles. The van der Waals surface area contributed by atoms with Gasteiger partial charge >= 0.3 is 17.6 Å². The summed E-state index contributed by atoms with van der Waals surface area (Å²) in [5.74, 6) is -3.89. The van der Waals surface area contributed by atoms with Crippen molar-refractivity contribution < 1.29 is 24.2 Å². The molecule has 1 rings (SSSR count). The fraction of sp³-hybridized carbons (Fsp3) is 0.778. The predicted octanol–water partition coefficient (Wildman–Crippen LogP) is 1.44. The van der Waals surface area contributed by atoms with Crippen LogP contribution in [0.5, 0.6) is 0 Å². The summed E-state index contributed by atoms with van der Waals surface area (Å²) in [4.78, 5) is 21.0. The lowest BCUT2D eigenvalue weighted by Gasteiger charge is -2.19. The van der Waals surface area contributed by atoms with E-state index in [2.05, 4.69) is 0 Å². The van der Waals surface area contributed by atoms with Crippen molar-refractivity contribution in [3.8, 4) is 0 Å². The molecular weight excluding hydrogens is 191 g/mol.